The molecule has 0 spiro atoms. The van der Waals surface area contributed by atoms with Gasteiger partial charge in [0.05, 0.1) is 6.61 Å². The quantitative estimate of drug-likeness (QED) is 0.329. The minimum atomic E-state index is -0.0637. The molecule has 0 unspecified atom stereocenters. The van der Waals surface area contributed by atoms with Crippen LogP contribution in [-0.2, 0) is 9.53 Å². The van der Waals surface area contributed by atoms with Crippen molar-refractivity contribution in [3.8, 4) is 0 Å². The first-order valence-corrected chi connectivity index (χ1v) is 5.07. The molecule has 2 heteroatoms. The molecule has 0 atom stereocenters. The summed E-state index contributed by atoms with van der Waals surface area (Å²) in [5, 5.41) is 0. The van der Waals surface area contributed by atoms with Crippen molar-refractivity contribution in [3.63, 3.8) is 0 Å². The van der Waals surface area contributed by atoms with Crippen molar-refractivity contribution in [1.82, 2.24) is 0 Å². The zero-order chi connectivity index (χ0) is 9.94. The van der Waals surface area contributed by atoms with Crippen molar-refractivity contribution in [3.05, 3.63) is 12.7 Å². The lowest BCUT2D eigenvalue weighted by Gasteiger charge is -2.02. The molecule has 13 heavy (non-hydrogen) atoms. The predicted octanol–water partition coefficient (Wildman–Crippen LogP) is 3.08. The van der Waals surface area contributed by atoms with E-state index in [2.05, 4.69) is 6.58 Å². The van der Waals surface area contributed by atoms with Crippen LogP contribution in [0.15, 0.2) is 12.7 Å². The van der Waals surface area contributed by atoms with Gasteiger partial charge in [-0.3, -0.25) is 4.79 Å². The van der Waals surface area contributed by atoms with Crippen LogP contribution >= 0.6 is 0 Å². The Morgan fingerprint density at radius 1 is 1.38 bits per heavy atom. The molecule has 0 rings (SSSR count). The van der Waals surface area contributed by atoms with Crippen molar-refractivity contribution < 1.29 is 9.53 Å². The molecule has 0 aliphatic heterocycles. The van der Waals surface area contributed by atoms with E-state index in [9.17, 15) is 4.79 Å². The molecule has 2 nitrogen and oxygen atoms in total. The summed E-state index contributed by atoms with van der Waals surface area (Å²) < 4.78 is 5.00. The van der Waals surface area contributed by atoms with Gasteiger partial charge in [-0.05, 0) is 32.1 Å². The van der Waals surface area contributed by atoms with Gasteiger partial charge in [-0.25, -0.2) is 0 Å². The Hall–Kier alpha value is -0.790. The maximum Gasteiger partial charge on any atom is 0.305 e. The first-order chi connectivity index (χ1) is 6.31. The summed E-state index contributed by atoms with van der Waals surface area (Å²) in [5.74, 6) is -0.0637. The van der Waals surface area contributed by atoms with Gasteiger partial charge in [0.1, 0.15) is 0 Å². The summed E-state index contributed by atoms with van der Waals surface area (Å²) in [7, 11) is 0. The van der Waals surface area contributed by atoms with Gasteiger partial charge in [-0.1, -0.05) is 13.0 Å². The van der Waals surface area contributed by atoms with Gasteiger partial charge in [0, 0.05) is 6.42 Å². The highest BCUT2D eigenvalue weighted by Gasteiger charge is 1.98. The number of allylic oxidation sites excluding steroid dienone is 1. The van der Waals surface area contributed by atoms with E-state index in [0.29, 0.717) is 13.0 Å². The molecule has 0 aromatic heterocycles. The van der Waals surface area contributed by atoms with Crippen LogP contribution in [0.25, 0.3) is 0 Å². The zero-order valence-electron chi connectivity index (χ0n) is 8.55. The first-order valence-electron chi connectivity index (χ1n) is 5.07. The molecular formula is C11H20O2. The molecule has 76 valence electrons. The minimum Gasteiger partial charge on any atom is -0.466 e. The normalized spacial score (nSPS) is 9.62. The lowest BCUT2D eigenvalue weighted by molar-refractivity contribution is -0.143. The monoisotopic (exact) mass is 184 g/mol. The molecule has 0 N–H and O–H groups in total. The van der Waals surface area contributed by atoms with Crippen LogP contribution in [0, 0.1) is 0 Å². The van der Waals surface area contributed by atoms with E-state index in [4.69, 9.17) is 4.74 Å². The highest BCUT2D eigenvalue weighted by atomic mass is 16.5. The third-order valence-electron chi connectivity index (χ3n) is 1.77. The minimum absolute atomic E-state index is 0.0637. The van der Waals surface area contributed by atoms with E-state index in [1.807, 2.05) is 13.0 Å². The molecule has 0 aromatic carbocycles. The van der Waals surface area contributed by atoms with Gasteiger partial charge in [-0.15, -0.1) is 6.58 Å². The Kier molecular flexibility index (Phi) is 8.73. The molecule has 0 aromatic rings. The van der Waals surface area contributed by atoms with Gasteiger partial charge in [0.2, 0.25) is 0 Å². The molecule has 0 heterocycles. The number of carbonyl (C=O) groups excluding carboxylic acids is 1. The molecule has 0 radical (unpaired) electrons. The number of carbonyl (C=O) groups is 1. The number of ether oxygens (including phenoxy) is 1. The molecule has 0 saturated carbocycles. The molecular weight excluding hydrogens is 164 g/mol. The Bertz CT molecular complexity index is 141. The van der Waals surface area contributed by atoms with Gasteiger partial charge in [0.15, 0.2) is 0 Å². The van der Waals surface area contributed by atoms with E-state index in [1.54, 1.807) is 0 Å². The summed E-state index contributed by atoms with van der Waals surface area (Å²) in [4.78, 5) is 10.9. The van der Waals surface area contributed by atoms with Crippen LogP contribution in [0.1, 0.15) is 45.4 Å². The van der Waals surface area contributed by atoms with E-state index < -0.39 is 0 Å². The highest BCUT2D eigenvalue weighted by molar-refractivity contribution is 5.69. The number of hydrogen-bond acceptors (Lipinski definition) is 2. The van der Waals surface area contributed by atoms with Crippen LogP contribution < -0.4 is 0 Å². The number of unbranched alkanes of at least 4 members (excludes halogenated alkanes) is 3. The van der Waals surface area contributed by atoms with Crippen LogP contribution in [0.2, 0.25) is 0 Å². The second kappa shape index (κ2) is 9.30. The lowest BCUT2D eigenvalue weighted by Crippen LogP contribution is -2.04. The second-order valence-electron chi connectivity index (χ2n) is 3.11. The van der Waals surface area contributed by atoms with Crippen LogP contribution in [0.4, 0.5) is 0 Å². The van der Waals surface area contributed by atoms with Crippen molar-refractivity contribution in [1.29, 1.82) is 0 Å². The first kappa shape index (κ1) is 12.2. The molecule has 0 saturated heterocycles. The largest absolute Gasteiger partial charge is 0.466 e. The average Bonchev–Trinajstić information content (AvgIpc) is 2.11. The van der Waals surface area contributed by atoms with Crippen LogP contribution in [-0.4, -0.2) is 12.6 Å². The molecule has 0 amide bonds. The summed E-state index contributed by atoms with van der Waals surface area (Å²) >= 11 is 0. The SMILES string of the molecule is C=CCCCCCOC(=O)CCC. The van der Waals surface area contributed by atoms with Crippen molar-refractivity contribution >= 4 is 5.97 Å². The molecule has 0 fully saturated rings. The summed E-state index contributed by atoms with van der Waals surface area (Å²) in [6.45, 7) is 6.20. The second-order valence-corrected chi connectivity index (χ2v) is 3.11. The summed E-state index contributed by atoms with van der Waals surface area (Å²) in [6, 6.07) is 0. The Morgan fingerprint density at radius 3 is 2.77 bits per heavy atom. The standard InChI is InChI=1S/C11H20O2/c1-3-5-6-7-8-10-13-11(12)9-4-2/h3H,1,4-10H2,2H3. The van der Waals surface area contributed by atoms with Gasteiger partial charge in [0.25, 0.3) is 0 Å². The van der Waals surface area contributed by atoms with Crippen molar-refractivity contribution in [2.24, 2.45) is 0 Å². The molecule has 0 aliphatic rings. The van der Waals surface area contributed by atoms with E-state index >= 15 is 0 Å². The fourth-order valence-electron chi connectivity index (χ4n) is 1.03. The maximum atomic E-state index is 10.9. The average molecular weight is 184 g/mol. The summed E-state index contributed by atoms with van der Waals surface area (Å²) in [6.07, 6.45) is 7.64. The third kappa shape index (κ3) is 9.12. The molecule has 0 bridgehead atoms. The fraction of sp³-hybridized carbons (Fsp3) is 0.727. The summed E-state index contributed by atoms with van der Waals surface area (Å²) in [5.41, 5.74) is 0. The van der Waals surface area contributed by atoms with Gasteiger partial charge >= 0.3 is 5.97 Å². The smallest absolute Gasteiger partial charge is 0.305 e. The Balaban J connectivity index is 3.06. The maximum absolute atomic E-state index is 10.9. The van der Waals surface area contributed by atoms with Gasteiger partial charge in [-0.2, -0.15) is 0 Å². The number of rotatable bonds is 8. The zero-order valence-corrected chi connectivity index (χ0v) is 8.55. The van der Waals surface area contributed by atoms with Crippen molar-refractivity contribution in [2.45, 2.75) is 45.4 Å². The number of esters is 1. The third-order valence-corrected chi connectivity index (χ3v) is 1.77. The van der Waals surface area contributed by atoms with Crippen LogP contribution in [0.3, 0.4) is 0 Å². The Morgan fingerprint density at radius 2 is 2.15 bits per heavy atom. The Labute approximate surface area is 81.0 Å². The van der Waals surface area contributed by atoms with E-state index in [0.717, 1.165) is 32.1 Å². The van der Waals surface area contributed by atoms with E-state index in [1.165, 1.54) is 0 Å². The number of hydrogen-bond donors (Lipinski definition) is 0. The highest BCUT2D eigenvalue weighted by Crippen LogP contribution is 2.01. The molecule has 0 aliphatic carbocycles. The van der Waals surface area contributed by atoms with Crippen molar-refractivity contribution in [2.75, 3.05) is 6.61 Å². The van der Waals surface area contributed by atoms with Gasteiger partial charge < -0.3 is 4.74 Å². The van der Waals surface area contributed by atoms with E-state index in [-0.39, 0.29) is 5.97 Å². The fourth-order valence-corrected chi connectivity index (χ4v) is 1.03. The lowest BCUT2D eigenvalue weighted by atomic mass is 10.2. The predicted molar refractivity (Wildman–Crippen MR) is 54.5 cm³/mol. The topological polar surface area (TPSA) is 26.3 Å². The van der Waals surface area contributed by atoms with Crippen LogP contribution in [0.5, 0.6) is 0 Å².